The molecule has 375 valence electrons. The van der Waals surface area contributed by atoms with E-state index in [2.05, 4.69) is 155 Å². The Bertz CT molecular complexity index is 3750. The van der Waals surface area contributed by atoms with Gasteiger partial charge >= 0.3 is 160 Å². The van der Waals surface area contributed by atoms with Crippen LogP contribution < -0.4 is 4.40 Å². The van der Waals surface area contributed by atoms with Crippen LogP contribution in [0, 0.1) is 24.4 Å². The minimum atomic E-state index is -2.29. The quantitative estimate of drug-likeness (QED) is 0.107. The molecule has 0 unspecified atom stereocenters. The second-order valence-electron chi connectivity index (χ2n) is 22.7. The number of fused-ring (bicyclic) bond motifs is 4. The summed E-state index contributed by atoms with van der Waals surface area (Å²) in [6.45, 7) is 19.3. The van der Waals surface area contributed by atoms with Crippen molar-refractivity contribution in [2.45, 2.75) is 117 Å². The molecule has 0 atom stereocenters. The Morgan fingerprint density at radius 1 is 0.685 bits per heavy atom. The van der Waals surface area contributed by atoms with Gasteiger partial charge in [0, 0.05) is 40.9 Å². The molecule has 0 spiro atoms. The van der Waals surface area contributed by atoms with E-state index in [1.165, 1.54) is 27.8 Å². The van der Waals surface area contributed by atoms with E-state index in [1.54, 1.807) is 24.3 Å². The number of rotatable bonds is 9. The van der Waals surface area contributed by atoms with Crippen LogP contribution >= 0.6 is 0 Å². The number of nitrogens with zero attached hydrogens (tertiary/aromatic N) is 4. The molecule has 6 aromatic carbocycles. The second kappa shape index (κ2) is 21.1. The first-order chi connectivity index (χ1) is 36.1. The van der Waals surface area contributed by atoms with Crippen LogP contribution in [0.1, 0.15) is 116 Å². The first kappa shape index (κ1) is 46.8. The second-order valence-corrected chi connectivity index (χ2v) is 33.3. The smallest absolute Gasteiger partial charge is 0 e. The fraction of sp³-hybridized carbons (Fsp3) is 0.288. The fourth-order valence-corrected chi connectivity index (χ4v) is 12.3. The van der Waals surface area contributed by atoms with Gasteiger partial charge in [0.25, 0.3) is 0 Å². The average Bonchev–Trinajstić information content (AvgIpc) is 4.19. The average molecular weight is 1210 g/mol. The Morgan fingerprint density at radius 3 is 2.00 bits per heavy atom. The number of aryl methyl sites for hydroxylation is 1. The van der Waals surface area contributed by atoms with Crippen molar-refractivity contribution in [3.8, 4) is 50.7 Å². The van der Waals surface area contributed by atoms with E-state index in [1.807, 2.05) is 69.4 Å². The Balaban J connectivity index is 0.000000244. The summed E-state index contributed by atoms with van der Waals surface area (Å²) in [5.41, 5.74) is 15.0. The van der Waals surface area contributed by atoms with Gasteiger partial charge < -0.3 is 8.98 Å². The van der Waals surface area contributed by atoms with Crippen LogP contribution in [0.4, 0.5) is 0 Å². The summed E-state index contributed by atoms with van der Waals surface area (Å²) in [4.78, 5) is 14.9. The largest absolute Gasteiger partial charge is 0 e. The zero-order chi connectivity index (χ0) is 55.6. The topological polar surface area (TPSA) is 56.7 Å². The van der Waals surface area contributed by atoms with Gasteiger partial charge in [0.05, 0.1) is 28.1 Å². The van der Waals surface area contributed by atoms with E-state index in [-0.39, 0.29) is 37.4 Å². The molecule has 10 aromatic rings. The monoisotopic (exact) mass is 1210 g/mol. The molecule has 4 heterocycles. The summed E-state index contributed by atoms with van der Waals surface area (Å²) in [7, 11) is 0. The molecule has 0 saturated heterocycles. The summed E-state index contributed by atoms with van der Waals surface area (Å²) >= 11 is -2.29. The fourth-order valence-electron chi connectivity index (χ4n) is 9.41. The molecule has 4 aromatic heterocycles. The first-order valence-corrected chi connectivity index (χ1v) is 32.6. The Morgan fingerprint density at radius 2 is 1.36 bits per heavy atom. The Labute approximate surface area is 457 Å². The van der Waals surface area contributed by atoms with E-state index in [4.69, 9.17) is 26.2 Å². The molecule has 0 aliphatic rings. The van der Waals surface area contributed by atoms with E-state index in [0.29, 0.717) is 22.6 Å². The SMILES string of the molecule is [2H]C([2H])([2H])c1ccc(-c2ccc3c(n2)oc2c(-c4nc5ccccc5n4-c4c(C(C)C)cc(-c5ccccc5)cc4C(C)C)[c-]ccc23)cc1.[2H]C([2H])(c1cc(-c2[c-]ccc(C(C)(C)C)c2)nc[c]1[Ge]([CH3])([CH3])[CH3])C(C)(C)C.[Ir]. The Kier molecular flexibility index (Phi) is 13.6. The van der Waals surface area contributed by atoms with Crippen LogP contribution in [0.25, 0.3) is 83.8 Å². The normalized spacial score (nSPS) is 13.5. The number of benzene rings is 6. The minimum Gasteiger partial charge on any atom is 0 e. The summed E-state index contributed by atoms with van der Waals surface area (Å²) in [5.74, 6) is 8.12. The van der Waals surface area contributed by atoms with Crippen molar-refractivity contribution in [3.63, 3.8) is 0 Å². The molecule has 10 rings (SSSR count). The molecule has 0 aliphatic heterocycles. The van der Waals surface area contributed by atoms with E-state index < -0.39 is 31.9 Å². The van der Waals surface area contributed by atoms with Gasteiger partial charge in [-0.3, -0.25) is 4.98 Å². The summed E-state index contributed by atoms with van der Waals surface area (Å²) < 4.78 is 51.0. The van der Waals surface area contributed by atoms with Crippen molar-refractivity contribution in [1.29, 1.82) is 0 Å². The van der Waals surface area contributed by atoms with Crippen LogP contribution in [0.5, 0.6) is 0 Å². The standard InChI is InChI=1S/C43H36N3O.C23H34GeN.Ir/c1-26(2)35-24-31(29-12-7-6-8-13-29)25-36(27(3)4)40(35)46-39-17-10-9-16-38(39)44-42(46)34-15-11-14-32-33-22-23-37(45-43(33)47-41(32)34)30-20-18-28(5)19-21-30;1-22(2,3)15-18-14-21(25-16-20(18)24(7,8)9)17-11-10-12-19(13-17)23(4,5)6;/h6-14,16-27H,1-5H3;10,12-14,16H,15H2,1-9H3;/q2*-1;/i5D3;15D2;. The van der Waals surface area contributed by atoms with Crippen molar-refractivity contribution < 1.29 is 31.4 Å². The summed E-state index contributed by atoms with van der Waals surface area (Å²) in [6, 6.07) is 53.3. The van der Waals surface area contributed by atoms with Gasteiger partial charge in [-0.15, -0.1) is 18.2 Å². The molecule has 0 N–H and O–H groups in total. The molecule has 0 fully saturated rings. The van der Waals surface area contributed by atoms with Gasteiger partial charge in [-0.1, -0.05) is 111 Å². The number of furan rings is 1. The van der Waals surface area contributed by atoms with E-state index in [0.717, 1.165) is 65.7 Å². The van der Waals surface area contributed by atoms with Crippen molar-refractivity contribution >= 4 is 50.8 Å². The van der Waals surface area contributed by atoms with E-state index in [9.17, 15) is 0 Å². The van der Waals surface area contributed by atoms with Gasteiger partial charge in [0.1, 0.15) is 0 Å². The zero-order valence-corrected chi connectivity index (χ0v) is 49.0. The van der Waals surface area contributed by atoms with E-state index >= 15 is 0 Å². The molecule has 5 nitrogen and oxygen atoms in total. The molecular weight excluding hydrogens is 1130 g/mol. The number of para-hydroxylation sites is 2. The van der Waals surface area contributed by atoms with Crippen LogP contribution in [-0.4, -0.2) is 32.8 Å². The van der Waals surface area contributed by atoms with Gasteiger partial charge in [-0.05, 0) is 77.3 Å². The molecule has 0 saturated carbocycles. The molecule has 1 radical (unpaired) electrons. The molecule has 0 bridgehead atoms. The van der Waals surface area contributed by atoms with Gasteiger partial charge in [-0.2, -0.15) is 0 Å². The molecule has 0 amide bonds. The molecule has 73 heavy (non-hydrogen) atoms. The number of hydrogen-bond acceptors (Lipinski definition) is 4. The maximum atomic E-state index is 8.90. The number of hydrogen-bond donors (Lipinski definition) is 0. The molecule has 7 heteroatoms. The maximum absolute atomic E-state index is 8.90. The van der Waals surface area contributed by atoms with Crippen molar-refractivity contribution in [3.05, 3.63) is 186 Å². The maximum Gasteiger partial charge on any atom is 0 e. The number of aromatic nitrogens is 4. The van der Waals surface area contributed by atoms with Crippen molar-refractivity contribution in [1.82, 2.24) is 19.5 Å². The third kappa shape index (κ3) is 11.4. The van der Waals surface area contributed by atoms with Crippen molar-refractivity contribution in [2.24, 2.45) is 5.41 Å². The number of pyridine rings is 2. The minimum absolute atomic E-state index is 0. The van der Waals surface area contributed by atoms with Gasteiger partial charge in [-0.25, -0.2) is 4.98 Å². The summed E-state index contributed by atoms with van der Waals surface area (Å²) in [5, 5.41) is 1.82. The van der Waals surface area contributed by atoms with Gasteiger partial charge in [0.15, 0.2) is 0 Å². The predicted octanol–water partition coefficient (Wildman–Crippen LogP) is 17.7. The summed E-state index contributed by atoms with van der Waals surface area (Å²) in [6.07, 6.45) is 0.506. The first-order valence-electron chi connectivity index (χ1n) is 27.7. The predicted molar refractivity (Wildman–Crippen MR) is 308 cm³/mol. The van der Waals surface area contributed by atoms with Crippen LogP contribution in [0.15, 0.2) is 150 Å². The van der Waals surface area contributed by atoms with Crippen LogP contribution in [0.2, 0.25) is 17.3 Å². The third-order valence-electron chi connectivity index (χ3n) is 13.2. The Hall–Kier alpha value is -5.92. The van der Waals surface area contributed by atoms with Gasteiger partial charge in [0.2, 0.25) is 5.71 Å². The van der Waals surface area contributed by atoms with Crippen LogP contribution in [-0.2, 0) is 31.9 Å². The van der Waals surface area contributed by atoms with Crippen LogP contribution in [0.3, 0.4) is 0 Å². The third-order valence-corrected chi connectivity index (χ3v) is 17.4. The zero-order valence-electron chi connectivity index (χ0n) is 49.5. The van der Waals surface area contributed by atoms with Crippen molar-refractivity contribution in [2.75, 3.05) is 0 Å². The number of imidazole rings is 1. The molecule has 0 aliphatic carbocycles. The molecular formula is C66H70GeIrN4O-2.